The summed E-state index contributed by atoms with van der Waals surface area (Å²) in [6.45, 7) is 6.59. The van der Waals surface area contributed by atoms with Crippen LogP contribution in [0.1, 0.15) is 303 Å². The van der Waals surface area contributed by atoms with Crippen LogP contribution in [-0.2, 0) is 28.6 Å². The SMILES string of the molecule is CCCC/C=C\CCCCCCCC(=O)OCC(COC(=O)CCCCCCCCCCCC/C=C\C/C=C\C/C=C\CCCCCCC)OC(=O)CCCCCCC/C=C\CCCCCCCC. The van der Waals surface area contributed by atoms with Crippen molar-refractivity contribution in [3.8, 4) is 0 Å². The lowest BCUT2D eigenvalue weighted by Crippen LogP contribution is -2.30. The van der Waals surface area contributed by atoms with Gasteiger partial charge >= 0.3 is 17.9 Å². The van der Waals surface area contributed by atoms with E-state index in [1.807, 2.05) is 0 Å². The Balaban J connectivity index is 4.27. The summed E-state index contributed by atoms with van der Waals surface area (Å²) in [6, 6.07) is 0. The number of esters is 3. The van der Waals surface area contributed by atoms with Crippen molar-refractivity contribution < 1.29 is 28.6 Å². The van der Waals surface area contributed by atoms with Gasteiger partial charge in [-0.25, -0.2) is 0 Å². The Morgan fingerprint density at radius 2 is 0.536 bits per heavy atom. The van der Waals surface area contributed by atoms with Crippen LogP contribution in [0, 0.1) is 0 Å². The quantitative estimate of drug-likeness (QED) is 0.0262. The fourth-order valence-electron chi connectivity index (χ4n) is 8.43. The summed E-state index contributed by atoms with van der Waals surface area (Å²) in [5.74, 6) is -0.893. The van der Waals surface area contributed by atoms with Crippen molar-refractivity contribution >= 4 is 17.9 Å². The first-order valence-electron chi connectivity index (χ1n) is 29.8. The number of carbonyl (C=O) groups excluding carboxylic acids is 3. The molecule has 400 valence electrons. The smallest absolute Gasteiger partial charge is 0.306 e. The first-order valence-corrected chi connectivity index (χ1v) is 29.8. The Hall–Kier alpha value is -2.89. The van der Waals surface area contributed by atoms with E-state index >= 15 is 0 Å². The van der Waals surface area contributed by atoms with Crippen LogP contribution in [0.4, 0.5) is 0 Å². The van der Waals surface area contributed by atoms with Gasteiger partial charge in [0.1, 0.15) is 13.2 Å². The average molecular weight is 966 g/mol. The molecule has 0 amide bonds. The number of hydrogen-bond acceptors (Lipinski definition) is 6. The van der Waals surface area contributed by atoms with Crippen LogP contribution < -0.4 is 0 Å². The largest absolute Gasteiger partial charge is 0.462 e. The molecule has 0 bridgehead atoms. The van der Waals surface area contributed by atoms with Gasteiger partial charge < -0.3 is 14.2 Å². The molecule has 1 unspecified atom stereocenters. The molecule has 0 radical (unpaired) electrons. The molecule has 0 fully saturated rings. The minimum absolute atomic E-state index is 0.0812. The van der Waals surface area contributed by atoms with Gasteiger partial charge in [-0.2, -0.15) is 0 Å². The Morgan fingerprint density at radius 3 is 0.870 bits per heavy atom. The van der Waals surface area contributed by atoms with E-state index in [9.17, 15) is 14.4 Å². The molecule has 0 aromatic carbocycles. The fourth-order valence-corrected chi connectivity index (χ4v) is 8.43. The maximum Gasteiger partial charge on any atom is 0.306 e. The van der Waals surface area contributed by atoms with Crippen LogP contribution in [0.2, 0.25) is 0 Å². The maximum absolute atomic E-state index is 12.8. The number of hydrogen-bond donors (Lipinski definition) is 0. The third-order valence-corrected chi connectivity index (χ3v) is 13.0. The molecule has 0 saturated carbocycles. The van der Waals surface area contributed by atoms with Crippen molar-refractivity contribution in [3.05, 3.63) is 60.8 Å². The van der Waals surface area contributed by atoms with Gasteiger partial charge in [0.05, 0.1) is 0 Å². The molecule has 1 atom stereocenters. The topological polar surface area (TPSA) is 78.9 Å². The fraction of sp³-hybridized carbons (Fsp3) is 0.794. The van der Waals surface area contributed by atoms with Crippen LogP contribution in [0.5, 0.6) is 0 Å². The minimum atomic E-state index is -0.782. The molecule has 0 aliphatic heterocycles. The summed E-state index contributed by atoms with van der Waals surface area (Å²) in [6.07, 6.45) is 72.2. The predicted octanol–water partition coefficient (Wildman–Crippen LogP) is 20.0. The second kappa shape index (κ2) is 57.7. The molecule has 0 aliphatic carbocycles. The second-order valence-electron chi connectivity index (χ2n) is 19.9. The van der Waals surface area contributed by atoms with Crippen LogP contribution in [-0.4, -0.2) is 37.2 Å². The van der Waals surface area contributed by atoms with E-state index in [2.05, 4.69) is 81.5 Å². The van der Waals surface area contributed by atoms with Crippen LogP contribution >= 0.6 is 0 Å². The summed E-state index contributed by atoms with van der Waals surface area (Å²) in [7, 11) is 0. The Bertz CT molecular complexity index is 1250. The third kappa shape index (κ3) is 55.9. The van der Waals surface area contributed by atoms with E-state index < -0.39 is 6.10 Å². The molecular weight excluding hydrogens is 853 g/mol. The van der Waals surface area contributed by atoms with Crippen LogP contribution in [0.3, 0.4) is 0 Å². The first kappa shape index (κ1) is 66.1. The normalized spacial score (nSPS) is 12.4. The van der Waals surface area contributed by atoms with Gasteiger partial charge in [-0.1, -0.05) is 242 Å². The third-order valence-electron chi connectivity index (χ3n) is 13.0. The number of allylic oxidation sites excluding steroid dienone is 10. The predicted molar refractivity (Wildman–Crippen MR) is 298 cm³/mol. The molecule has 0 saturated heterocycles. The van der Waals surface area contributed by atoms with E-state index in [1.54, 1.807) is 0 Å². The molecular formula is C63H112O6. The van der Waals surface area contributed by atoms with Gasteiger partial charge in [0.15, 0.2) is 6.10 Å². The molecule has 69 heavy (non-hydrogen) atoms. The van der Waals surface area contributed by atoms with Gasteiger partial charge in [0, 0.05) is 19.3 Å². The molecule has 0 rings (SSSR count). The zero-order valence-corrected chi connectivity index (χ0v) is 45.8. The molecule has 0 N–H and O–H groups in total. The highest BCUT2D eigenvalue weighted by molar-refractivity contribution is 5.71. The molecule has 6 heteroatoms. The lowest BCUT2D eigenvalue weighted by molar-refractivity contribution is -0.167. The first-order chi connectivity index (χ1) is 34.0. The molecule has 0 spiro atoms. The lowest BCUT2D eigenvalue weighted by Gasteiger charge is -2.18. The number of rotatable bonds is 54. The maximum atomic E-state index is 12.8. The van der Waals surface area contributed by atoms with Crippen molar-refractivity contribution in [1.82, 2.24) is 0 Å². The second-order valence-corrected chi connectivity index (χ2v) is 19.9. The monoisotopic (exact) mass is 965 g/mol. The van der Waals surface area contributed by atoms with Crippen molar-refractivity contribution in [2.75, 3.05) is 13.2 Å². The highest BCUT2D eigenvalue weighted by Gasteiger charge is 2.19. The van der Waals surface area contributed by atoms with Gasteiger partial charge in [-0.15, -0.1) is 0 Å². The van der Waals surface area contributed by atoms with E-state index in [0.717, 1.165) is 89.9 Å². The Morgan fingerprint density at radius 1 is 0.290 bits per heavy atom. The summed E-state index contributed by atoms with van der Waals surface area (Å²) < 4.78 is 16.8. The minimum Gasteiger partial charge on any atom is -0.462 e. The highest BCUT2D eigenvalue weighted by atomic mass is 16.6. The summed E-state index contributed by atoms with van der Waals surface area (Å²) in [5, 5.41) is 0. The standard InChI is InChI=1S/C63H112O6/c1-4-7-10-13-16-19-22-24-26-27-28-29-30-31-32-33-34-35-37-38-41-44-47-50-53-56-62(65)68-59-60(58-67-61(64)55-52-49-46-43-40-21-18-15-12-9-6-3)69-63(66)57-54-51-48-45-42-39-36-25-23-20-17-14-11-8-5-2/h15,18,22,24-25,27-28,30-31,36,60H,4-14,16-17,19-21,23,26,29,32-35,37-59H2,1-3H3/b18-15-,24-22-,28-27-,31-30-,36-25-. The van der Waals surface area contributed by atoms with Crippen molar-refractivity contribution in [1.29, 1.82) is 0 Å². The van der Waals surface area contributed by atoms with Crippen molar-refractivity contribution in [2.45, 2.75) is 309 Å². The summed E-state index contributed by atoms with van der Waals surface area (Å²) >= 11 is 0. The lowest BCUT2D eigenvalue weighted by atomic mass is 10.1. The van der Waals surface area contributed by atoms with Gasteiger partial charge in [0.25, 0.3) is 0 Å². The molecule has 0 aliphatic rings. The Kier molecular flexibility index (Phi) is 55.3. The number of unbranched alkanes of at least 4 members (excludes halogenated alkanes) is 33. The van der Waals surface area contributed by atoms with Gasteiger partial charge in [0.2, 0.25) is 0 Å². The van der Waals surface area contributed by atoms with Crippen molar-refractivity contribution in [3.63, 3.8) is 0 Å². The molecule has 6 nitrogen and oxygen atoms in total. The van der Waals surface area contributed by atoms with Crippen LogP contribution in [0.15, 0.2) is 60.8 Å². The van der Waals surface area contributed by atoms with E-state index in [0.29, 0.717) is 19.3 Å². The zero-order chi connectivity index (χ0) is 50.0. The highest BCUT2D eigenvalue weighted by Crippen LogP contribution is 2.15. The van der Waals surface area contributed by atoms with E-state index in [4.69, 9.17) is 14.2 Å². The number of ether oxygens (including phenoxy) is 3. The van der Waals surface area contributed by atoms with Crippen molar-refractivity contribution in [2.24, 2.45) is 0 Å². The average Bonchev–Trinajstić information content (AvgIpc) is 3.35. The Labute approximate surface area is 428 Å². The molecule has 0 aromatic rings. The zero-order valence-electron chi connectivity index (χ0n) is 45.8. The van der Waals surface area contributed by atoms with Gasteiger partial charge in [-0.3, -0.25) is 14.4 Å². The summed E-state index contributed by atoms with van der Waals surface area (Å²) in [4.78, 5) is 38.1. The van der Waals surface area contributed by atoms with E-state index in [1.165, 1.54) is 173 Å². The molecule has 0 heterocycles. The van der Waals surface area contributed by atoms with Gasteiger partial charge in [-0.05, 0) is 103 Å². The summed E-state index contributed by atoms with van der Waals surface area (Å²) in [5.41, 5.74) is 0. The number of carbonyl (C=O) groups is 3. The van der Waals surface area contributed by atoms with Crippen LogP contribution in [0.25, 0.3) is 0 Å². The molecule has 0 aromatic heterocycles. The van der Waals surface area contributed by atoms with E-state index in [-0.39, 0.29) is 31.1 Å².